The van der Waals surface area contributed by atoms with Crippen LogP contribution in [-0.4, -0.2) is 32.5 Å². The number of carbonyl (C=O) groups excluding carboxylic acids is 1. The lowest BCUT2D eigenvalue weighted by molar-refractivity contribution is -0.119. The fraction of sp³-hybridized carbons (Fsp3) is 0.462. The number of nitrogens with one attached hydrogen (secondary N) is 1. The zero-order valence-electron chi connectivity index (χ0n) is 11.4. The molecule has 0 radical (unpaired) electrons. The van der Waals surface area contributed by atoms with Gasteiger partial charge in [-0.25, -0.2) is 0 Å². The van der Waals surface area contributed by atoms with Crippen molar-refractivity contribution in [2.75, 3.05) is 21.3 Å². The molecule has 1 amide bonds. The van der Waals surface area contributed by atoms with Crippen LogP contribution < -0.4 is 19.5 Å². The molecule has 0 aromatic heterocycles. The monoisotopic (exact) mass is 283 g/mol. The van der Waals surface area contributed by atoms with Crippen molar-refractivity contribution < 1.29 is 19.0 Å². The summed E-state index contributed by atoms with van der Waals surface area (Å²) in [5, 5.41) is 2.79. The molecule has 1 fully saturated rings. The van der Waals surface area contributed by atoms with Crippen LogP contribution in [0, 0.1) is 0 Å². The van der Waals surface area contributed by atoms with Gasteiger partial charge in [0.1, 0.15) is 5.37 Å². The van der Waals surface area contributed by atoms with Gasteiger partial charge in [-0.15, -0.1) is 11.8 Å². The second-order valence-electron chi connectivity index (χ2n) is 4.13. The van der Waals surface area contributed by atoms with Crippen molar-refractivity contribution in [3.05, 3.63) is 17.7 Å². The molecule has 1 aliphatic rings. The fourth-order valence-electron chi connectivity index (χ4n) is 1.96. The molecule has 0 saturated carbocycles. The van der Waals surface area contributed by atoms with Gasteiger partial charge in [0.05, 0.1) is 26.6 Å². The van der Waals surface area contributed by atoms with Crippen LogP contribution in [0.25, 0.3) is 0 Å². The van der Waals surface area contributed by atoms with Crippen LogP contribution in [0.15, 0.2) is 12.1 Å². The lowest BCUT2D eigenvalue weighted by atomic mass is 10.1. The maximum atomic E-state index is 11.6. The Morgan fingerprint density at radius 1 is 1.11 bits per heavy atom. The standard InChI is InChI=1S/C13H17NO4S/c1-7-12(15)14-13(19-7)8-5-9(16-2)11(18-4)10(6-8)17-3/h5-7,13H,1-4H3,(H,14,15). The Kier molecular flexibility index (Phi) is 4.09. The number of benzene rings is 1. The van der Waals surface area contributed by atoms with E-state index >= 15 is 0 Å². The van der Waals surface area contributed by atoms with Crippen LogP contribution >= 0.6 is 11.8 Å². The highest BCUT2D eigenvalue weighted by Gasteiger charge is 2.31. The van der Waals surface area contributed by atoms with Gasteiger partial charge in [0.2, 0.25) is 11.7 Å². The maximum absolute atomic E-state index is 11.6. The van der Waals surface area contributed by atoms with E-state index in [1.807, 2.05) is 19.1 Å². The van der Waals surface area contributed by atoms with Crippen LogP contribution in [0.2, 0.25) is 0 Å². The van der Waals surface area contributed by atoms with Gasteiger partial charge in [-0.3, -0.25) is 4.79 Å². The molecule has 1 heterocycles. The van der Waals surface area contributed by atoms with Crippen molar-refractivity contribution in [3.63, 3.8) is 0 Å². The molecule has 2 unspecified atom stereocenters. The Bertz CT molecular complexity index is 467. The van der Waals surface area contributed by atoms with Crippen LogP contribution in [0.4, 0.5) is 0 Å². The van der Waals surface area contributed by atoms with Crippen molar-refractivity contribution >= 4 is 17.7 Å². The van der Waals surface area contributed by atoms with Crippen molar-refractivity contribution in [2.24, 2.45) is 0 Å². The minimum absolute atomic E-state index is 0.0451. The molecule has 1 N–H and O–H groups in total. The van der Waals surface area contributed by atoms with Gasteiger partial charge < -0.3 is 19.5 Å². The average molecular weight is 283 g/mol. The number of amides is 1. The molecule has 19 heavy (non-hydrogen) atoms. The molecule has 1 aromatic rings. The second-order valence-corrected chi connectivity index (χ2v) is 5.58. The third kappa shape index (κ3) is 2.58. The molecule has 0 aliphatic carbocycles. The molecular formula is C13H17NO4S. The third-order valence-corrected chi connectivity index (χ3v) is 4.26. The number of thioether (sulfide) groups is 1. The lowest BCUT2D eigenvalue weighted by Gasteiger charge is -2.16. The van der Waals surface area contributed by atoms with Gasteiger partial charge in [-0.1, -0.05) is 0 Å². The normalized spacial score (nSPS) is 22.0. The van der Waals surface area contributed by atoms with Crippen molar-refractivity contribution in [2.45, 2.75) is 17.5 Å². The summed E-state index contributed by atoms with van der Waals surface area (Å²) in [6.45, 7) is 1.89. The van der Waals surface area contributed by atoms with Gasteiger partial charge >= 0.3 is 0 Å². The summed E-state index contributed by atoms with van der Waals surface area (Å²) >= 11 is 1.57. The summed E-state index contributed by atoms with van der Waals surface area (Å²) < 4.78 is 15.9. The highest BCUT2D eigenvalue weighted by molar-refractivity contribution is 8.01. The molecular weight excluding hydrogens is 266 g/mol. The van der Waals surface area contributed by atoms with E-state index in [2.05, 4.69) is 5.32 Å². The highest BCUT2D eigenvalue weighted by atomic mass is 32.2. The van der Waals surface area contributed by atoms with Crippen molar-refractivity contribution in [3.8, 4) is 17.2 Å². The summed E-state index contributed by atoms with van der Waals surface area (Å²) in [6, 6.07) is 3.72. The largest absolute Gasteiger partial charge is 0.493 e. The predicted molar refractivity (Wildman–Crippen MR) is 74.0 cm³/mol. The average Bonchev–Trinajstić information content (AvgIpc) is 2.76. The van der Waals surface area contributed by atoms with Crippen LogP contribution in [0.5, 0.6) is 17.2 Å². The topological polar surface area (TPSA) is 56.8 Å². The second kappa shape index (κ2) is 5.61. The number of ether oxygens (including phenoxy) is 3. The van der Waals surface area contributed by atoms with E-state index in [1.165, 1.54) is 0 Å². The van der Waals surface area contributed by atoms with Crippen LogP contribution in [0.1, 0.15) is 17.9 Å². The first-order valence-corrected chi connectivity index (χ1v) is 6.80. The third-order valence-electron chi connectivity index (χ3n) is 2.97. The number of methoxy groups -OCH3 is 3. The quantitative estimate of drug-likeness (QED) is 0.915. The molecule has 0 bridgehead atoms. The van der Waals surface area contributed by atoms with Crippen molar-refractivity contribution in [1.82, 2.24) is 5.32 Å². The first-order valence-electron chi connectivity index (χ1n) is 5.86. The molecule has 0 spiro atoms. The summed E-state index contributed by atoms with van der Waals surface area (Å²) in [4.78, 5) is 11.6. The van der Waals surface area contributed by atoms with Gasteiger partial charge in [0.25, 0.3) is 0 Å². The first kappa shape index (κ1) is 13.9. The summed E-state index contributed by atoms with van der Waals surface area (Å²) in [5.41, 5.74) is 0.928. The molecule has 1 aromatic carbocycles. The van der Waals surface area contributed by atoms with E-state index < -0.39 is 0 Å². The first-order chi connectivity index (χ1) is 9.10. The molecule has 2 atom stereocenters. The lowest BCUT2D eigenvalue weighted by Crippen LogP contribution is -2.22. The number of hydrogen-bond acceptors (Lipinski definition) is 5. The number of rotatable bonds is 4. The Labute approximate surface area is 116 Å². The van der Waals surface area contributed by atoms with E-state index in [0.29, 0.717) is 17.2 Å². The molecule has 5 nitrogen and oxygen atoms in total. The zero-order valence-corrected chi connectivity index (χ0v) is 12.2. The Morgan fingerprint density at radius 2 is 1.68 bits per heavy atom. The number of hydrogen-bond donors (Lipinski definition) is 1. The van der Waals surface area contributed by atoms with Crippen LogP contribution in [0.3, 0.4) is 0 Å². The predicted octanol–water partition coefficient (Wildman–Crippen LogP) is 1.96. The fourth-order valence-corrected chi connectivity index (χ4v) is 3.04. The van der Waals surface area contributed by atoms with E-state index in [-0.39, 0.29) is 16.5 Å². The molecule has 104 valence electrons. The van der Waals surface area contributed by atoms with Gasteiger partial charge in [0.15, 0.2) is 11.5 Å². The van der Waals surface area contributed by atoms with E-state index in [9.17, 15) is 4.79 Å². The van der Waals surface area contributed by atoms with Crippen LogP contribution in [-0.2, 0) is 4.79 Å². The summed E-state index contributed by atoms with van der Waals surface area (Å²) in [6.07, 6.45) is 0. The smallest absolute Gasteiger partial charge is 0.234 e. The van der Waals surface area contributed by atoms with E-state index in [0.717, 1.165) is 5.56 Å². The molecule has 1 saturated heterocycles. The van der Waals surface area contributed by atoms with Crippen molar-refractivity contribution in [1.29, 1.82) is 0 Å². The summed E-state index contributed by atoms with van der Waals surface area (Å²) in [7, 11) is 4.71. The number of carbonyl (C=O) groups is 1. The zero-order chi connectivity index (χ0) is 14.0. The Hall–Kier alpha value is -1.56. The SMILES string of the molecule is COc1cc(C2NC(=O)C(C)S2)cc(OC)c1OC. The van der Waals surface area contributed by atoms with Gasteiger partial charge in [-0.2, -0.15) is 0 Å². The van der Waals surface area contributed by atoms with Gasteiger partial charge in [0, 0.05) is 0 Å². The van der Waals surface area contributed by atoms with Gasteiger partial charge in [-0.05, 0) is 24.6 Å². The maximum Gasteiger partial charge on any atom is 0.234 e. The Balaban J connectivity index is 2.39. The molecule has 6 heteroatoms. The summed E-state index contributed by atoms with van der Waals surface area (Å²) in [5.74, 6) is 1.78. The molecule has 2 rings (SSSR count). The minimum atomic E-state index is -0.0868. The van der Waals surface area contributed by atoms with E-state index in [1.54, 1.807) is 33.1 Å². The Morgan fingerprint density at radius 3 is 2.05 bits per heavy atom. The minimum Gasteiger partial charge on any atom is -0.493 e. The highest BCUT2D eigenvalue weighted by Crippen LogP contribution is 2.43. The molecule has 1 aliphatic heterocycles. The van der Waals surface area contributed by atoms with E-state index in [4.69, 9.17) is 14.2 Å².